The summed E-state index contributed by atoms with van der Waals surface area (Å²) in [5, 5.41) is 0. The Morgan fingerprint density at radius 1 is 1.45 bits per heavy atom. The van der Waals surface area contributed by atoms with E-state index in [4.69, 9.17) is 5.73 Å². The number of aromatic nitrogens is 1. The molecule has 0 aliphatic heterocycles. The third-order valence-electron chi connectivity index (χ3n) is 1.11. The molecule has 0 unspecified atom stereocenters. The topological polar surface area (TPSA) is 38.9 Å². The van der Waals surface area contributed by atoms with Gasteiger partial charge in [-0.3, -0.25) is 4.98 Å². The maximum atomic E-state index is 5.41. The molecule has 1 aromatic heterocycles. The standard InChI is InChI=1S/C6H6Br2N2.ClH/c7-4-1-2-10-5(3-9)6(4)8;/h1-2H,3,9H2;1H. The number of nitrogens with zero attached hydrogens (tertiary/aromatic N) is 1. The molecule has 0 amide bonds. The van der Waals surface area contributed by atoms with Gasteiger partial charge < -0.3 is 5.73 Å². The number of pyridine rings is 1. The minimum absolute atomic E-state index is 0. The van der Waals surface area contributed by atoms with Crippen molar-refractivity contribution in [2.75, 3.05) is 0 Å². The van der Waals surface area contributed by atoms with Gasteiger partial charge in [-0.25, -0.2) is 0 Å². The molecule has 1 aromatic rings. The SMILES string of the molecule is Cl.NCc1nccc(Br)c1Br. The second-order valence-corrected chi connectivity index (χ2v) is 3.40. The van der Waals surface area contributed by atoms with E-state index in [1.54, 1.807) is 6.20 Å². The lowest BCUT2D eigenvalue weighted by atomic mass is 10.4. The molecule has 0 saturated heterocycles. The Morgan fingerprint density at radius 2 is 2.09 bits per heavy atom. The fourth-order valence-electron chi connectivity index (χ4n) is 0.603. The van der Waals surface area contributed by atoms with Crippen LogP contribution in [-0.4, -0.2) is 4.98 Å². The van der Waals surface area contributed by atoms with Crippen LogP contribution >= 0.6 is 44.3 Å². The highest BCUT2D eigenvalue weighted by atomic mass is 79.9. The lowest BCUT2D eigenvalue weighted by Crippen LogP contribution is -2.00. The summed E-state index contributed by atoms with van der Waals surface area (Å²) in [7, 11) is 0. The average molecular weight is 302 g/mol. The zero-order valence-electron chi connectivity index (χ0n) is 5.55. The van der Waals surface area contributed by atoms with Crippen LogP contribution in [0.25, 0.3) is 0 Å². The van der Waals surface area contributed by atoms with Crippen molar-refractivity contribution in [1.82, 2.24) is 4.98 Å². The Kier molecular flexibility index (Phi) is 5.25. The zero-order valence-corrected chi connectivity index (χ0v) is 9.54. The van der Waals surface area contributed by atoms with Crippen molar-refractivity contribution in [2.24, 2.45) is 5.73 Å². The van der Waals surface area contributed by atoms with Crippen LogP contribution < -0.4 is 5.73 Å². The number of hydrogen-bond donors (Lipinski definition) is 1. The van der Waals surface area contributed by atoms with Crippen molar-refractivity contribution < 1.29 is 0 Å². The van der Waals surface area contributed by atoms with Gasteiger partial charge in [-0.15, -0.1) is 12.4 Å². The smallest absolute Gasteiger partial charge is 0.0692 e. The van der Waals surface area contributed by atoms with Crippen LogP contribution in [0.3, 0.4) is 0 Å². The molecular formula is C6H7Br2ClN2. The first-order valence-corrected chi connectivity index (χ1v) is 4.33. The number of nitrogens with two attached hydrogens (primary N) is 1. The first kappa shape index (κ1) is 11.4. The van der Waals surface area contributed by atoms with Crippen molar-refractivity contribution in [3.63, 3.8) is 0 Å². The first-order valence-electron chi connectivity index (χ1n) is 2.74. The summed E-state index contributed by atoms with van der Waals surface area (Å²) in [4.78, 5) is 4.06. The lowest BCUT2D eigenvalue weighted by molar-refractivity contribution is 0.975. The molecule has 2 nitrogen and oxygen atoms in total. The summed E-state index contributed by atoms with van der Waals surface area (Å²) in [6.45, 7) is 0.458. The Hall–Kier alpha value is 0.360. The van der Waals surface area contributed by atoms with Gasteiger partial charge >= 0.3 is 0 Å². The average Bonchev–Trinajstić information content (AvgIpc) is 1.95. The lowest BCUT2D eigenvalue weighted by Gasteiger charge is -1.99. The summed E-state index contributed by atoms with van der Waals surface area (Å²) in [6, 6.07) is 1.86. The molecule has 0 atom stereocenters. The summed E-state index contributed by atoms with van der Waals surface area (Å²) in [5.74, 6) is 0. The summed E-state index contributed by atoms with van der Waals surface area (Å²) in [5.41, 5.74) is 6.28. The monoisotopic (exact) mass is 300 g/mol. The molecule has 1 rings (SSSR count). The molecule has 0 fully saturated rings. The normalized spacial score (nSPS) is 9.00. The molecule has 62 valence electrons. The van der Waals surface area contributed by atoms with Crippen molar-refractivity contribution in [3.8, 4) is 0 Å². The van der Waals surface area contributed by atoms with Gasteiger partial charge in [-0.1, -0.05) is 0 Å². The van der Waals surface area contributed by atoms with Crippen LogP contribution in [0.5, 0.6) is 0 Å². The molecule has 0 aromatic carbocycles. The maximum Gasteiger partial charge on any atom is 0.0692 e. The molecule has 0 aliphatic rings. The van der Waals surface area contributed by atoms with E-state index in [0.717, 1.165) is 14.6 Å². The van der Waals surface area contributed by atoms with E-state index in [2.05, 4.69) is 36.8 Å². The fraction of sp³-hybridized carbons (Fsp3) is 0.167. The first-order chi connectivity index (χ1) is 4.75. The fourth-order valence-corrected chi connectivity index (χ4v) is 1.35. The molecule has 0 bridgehead atoms. The Balaban J connectivity index is 0.000001000. The van der Waals surface area contributed by atoms with Crippen molar-refractivity contribution >= 4 is 44.3 Å². The number of halogens is 3. The van der Waals surface area contributed by atoms with Gasteiger partial charge in [0.2, 0.25) is 0 Å². The molecule has 2 N–H and O–H groups in total. The van der Waals surface area contributed by atoms with Crippen molar-refractivity contribution in [3.05, 3.63) is 26.9 Å². The van der Waals surface area contributed by atoms with Gasteiger partial charge in [0.25, 0.3) is 0 Å². The van der Waals surface area contributed by atoms with Crippen LogP contribution in [0.1, 0.15) is 5.69 Å². The predicted molar refractivity (Wildman–Crippen MR) is 54.8 cm³/mol. The zero-order chi connectivity index (χ0) is 7.56. The molecule has 11 heavy (non-hydrogen) atoms. The quantitative estimate of drug-likeness (QED) is 0.865. The Bertz CT molecular complexity index is 242. The van der Waals surface area contributed by atoms with Crippen molar-refractivity contribution in [1.29, 1.82) is 0 Å². The summed E-state index contributed by atoms with van der Waals surface area (Å²) < 4.78 is 1.93. The van der Waals surface area contributed by atoms with Gasteiger partial charge in [-0.2, -0.15) is 0 Å². The number of hydrogen-bond acceptors (Lipinski definition) is 2. The van der Waals surface area contributed by atoms with Crippen LogP contribution in [0.4, 0.5) is 0 Å². The third kappa shape index (κ3) is 2.71. The minimum atomic E-state index is 0. The van der Waals surface area contributed by atoms with Crippen LogP contribution in [0.15, 0.2) is 21.2 Å². The van der Waals surface area contributed by atoms with Crippen LogP contribution in [0.2, 0.25) is 0 Å². The molecule has 0 saturated carbocycles. The maximum absolute atomic E-state index is 5.41. The number of rotatable bonds is 1. The molecule has 5 heteroatoms. The van der Waals surface area contributed by atoms with Gasteiger partial charge in [0, 0.05) is 17.2 Å². The second-order valence-electron chi connectivity index (χ2n) is 1.76. The Labute approximate surface area is 88.2 Å². The van der Waals surface area contributed by atoms with E-state index in [1.165, 1.54) is 0 Å². The van der Waals surface area contributed by atoms with Gasteiger partial charge in [0.1, 0.15) is 0 Å². The summed E-state index contributed by atoms with van der Waals surface area (Å²) >= 11 is 6.70. The largest absolute Gasteiger partial charge is 0.325 e. The van der Waals surface area contributed by atoms with Gasteiger partial charge in [0.05, 0.1) is 10.2 Å². The van der Waals surface area contributed by atoms with Crippen molar-refractivity contribution in [2.45, 2.75) is 6.54 Å². The highest BCUT2D eigenvalue weighted by molar-refractivity contribution is 9.13. The van der Waals surface area contributed by atoms with E-state index in [-0.39, 0.29) is 12.4 Å². The molecule has 1 heterocycles. The summed E-state index contributed by atoms with van der Waals surface area (Å²) in [6.07, 6.45) is 1.72. The molecule has 0 aliphatic carbocycles. The highest BCUT2D eigenvalue weighted by Gasteiger charge is 2.00. The Morgan fingerprint density at radius 3 is 2.55 bits per heavy atom. The third-order valence-corrected chi connectivity index (χ3v) is 3.19. The van der Waals surface area contributed by atoms with E-state index in [0.29, 0.717) is 6.54 Å². The van der Waals surface area contributed by atoms with Crippen LogP contribution in [-0.2, 0) is 6.54 Å². The van der Waals surface area contributed by atoms with Gasteiger partial charge in [-0.05, 0) is 37.9 Å². The highest BCUT2D eigenvalue weighted by Crippen LogP contribution is 2.24. The molecule has 0 spiro atoms. The van der Waals surface area contributed by atoms with E-state index < -0.39 is 0 Å². The van der Waals surface area contributed by atoms with Crippen LogP contribution in [0, 0.1) is 0 Å². The predicted octanol–water partition coefficient (Wildman–Crippen LogP) is 2.49. The molecular weight excluding hydrogens is 295 g/mol. The van der Waals surface area contributed by atoms with E-state index in [9.17, 15) is 0 Å². The van der Waals surface area contributed by atoms with E-state index >= 15 is 0 Å². The minimum Gasteiger partial charge on any atom is -0.325 e. The van der Waals surface area contributed by atoms with E-state index in [1.807, 2.05) is 6.07 Å². The molecule has 0 radical (unpaired) electrons. The van der Waals surface area contributed by atoms with Gasteiger partial charge in [0.15, 0.2) is 0 Å². The second kappa shape index (κ2) is 5.09.